The molecule has 0 fully saturated rings. The third-order valence-corrected chi connectivity index (χ3v) is 3.20. The van der Waals surface area contributed by atoms with Crippen LogP contribution in [0.15, 0.2) is 11.6 Å². The van der Waals surface area contributed by atoms with Gasteiger partial charge in [0.1, 0.15) is 0 Å². The fourth-order valence-electron chi connectivity index (χ4n) is 2.03. The van der Waals surface area contributed by atoms with Gasteiger partial charge in [0.15, 0.2) is 0 Å². The zero-order valence-corrected chi connectivity index (χ0v) is 10.2. The summed E-state index contributed by atoms with van der Waals surface area (Å²) >= 11 is 0. The topological polar surface area (TPSA) is 29.3 Å². The molecule has 1 aliphatic rings. The molecule has 88 valence electrons. The molecule has 1 heterocycles. The predicted molar refractivity (Wildman–Crippen MR) is 67.0 cm³/mol. The molecule has 0 atom stereocenters. The molecule has 2 nitrogen and oxygen atoms in total. The SMILES string of the molecule is CC1=CCN(CCCCCCCN)CC1. The van der Waals surface area contributed by atoms with Gasteiger partial charge in [-0.3, -0.25) is 4.90 Å². The zero-order chi connectivity index (χ0) is 10.9. The van der Waals surface area contributed by atoms with Crippen LogP contribution in [0.1, 0.15) is 45.4 Å². The van der Waals surface area contributed by atoms with Crippen molar-refractivity contribution in [3.8, 4) is 0 Å². The predicted octanol–water partition coefficient (Wildman–Crippen LogP) is 2.55. The van der Waals surface area contributed by atoms with Crippen LogP contribution in [0.25, 0.3) is 0 Å². The first-order valence-corrected chi connectivity index (χ1v) is 6.41. The summed E-state index contributed by atoms with van der Waals surface area (Å²) in [6, 6.07) is 0. The van der Waals surface area contributed by atoms with Gasteiger partial charge in [-0.25, -0.2) is 0 Å². The van der Waals surface area contributed by atoms with Crippen LogP contribution in [0.4, 0.5) is 0 Å². The van der Waals surface area contributed by atoms with Crippen molar-refractivity contribution in [1.29, 1.82) is 0 Å². The fourth-order valence-corrected chi connectivity index (χ4v) is 2.03. The third kappa shape index (κ3) is 5.95. The van der Waals surface area contributed by atoms with Crippen molar-refractivity contribution in [1.82, 2.24) is 4.90 Å². The van der Waals surface area contributed by atoms with Crippen molar-refractivity contribution >= 4 is 0 Å². The molecular formula is C13H26N2. The molecule has 15 heavy (non-hydrogen) atoms. The molecule has 0 aromatic carbocycles. The van der Waals surface area contributed by atoms with Crippen LogP contribution in [-0.2, 0) is 0 Å². The first-order chi connectivity index (χ1) is 7.33. The van der Waals surface area contributed by atoms with E-state index in [0.29, 0.717) is 0 Å². The number of hydrogen-bond acceptors (Lipinski definition) is 2. The summed E-state index contributed by atoms with van der Waals surface area (Å²) in [5.74, 6) is 0. The minimum atomic E-state index is 0.857. The highest BCUT2D eigenvalue weighted by molar-refractivity contribution is 5.03. The van der Waals surface area contributed by atoms with Gasteiger partial charge in [-0.1, -0.05) is 30.9 Å². The van der Waals surface area contributed by atoms with Crippen LogP contribution in [0.5, 0.6) is 0 Å². The standard InChI is InChI=1S/C13H26N2/c1-13-7-11-15(12-8-13)10-6-4-2-3-5-9-14/h7H,2-6,8-12,14H2,1H3. The van der Waals surface area contributed by atoms with E-state index in [4.69, 9.17) is 5.73 Å². The van der Waals surface area contributed by atoms with Crippen molar-refractivity contribution in [2.75, 3.05) is 26.2 Å². The van der Waals surface area contributed by atoms with Gasteiger partial charge in [0.05, 0.1) is 0 Å². The third-order valence-electron chi connectivity index (χ3n) is 3.20. The molecule has 0 saturated carbocycles. The Bertz CT molecular complexity index is 187. The number of rotatable bonds is 7. The van der Waals surface area contributed by atoms with E-state index in [1.807, 2.05) is 0 Å². The molecule has 0 unspecified atom stereocenters. The summed E-state index contributed by atoms with van der Waals surface area (Å²) in [5, 5.41) is 0. The highest BCUT2D eigenvalue weighted by Crippen LogP contribution is 2.11. The molecule has 1 aliphatic heterocycles. The van der Waals surface area contributed by atoms with Gasteiger partial charge in [-0.2, -0.15) is 0 Å². The summed E-state index contributed by atoms with van der Waals surface area (Å²) in [6.07, 6.45) is 10.3. The highest BCUT2D eigenvalue weighted by atomic mass is 15.1. The number of nitrogens with two attached hydrogens (primary N) is 1. The Morgan fingerprint density at radius 3 is 2.60 bits per heavy atom. The molecular weight excluding hydrogens is 184 g/mol. The van der Waals surface area contributed by atoms with Gasteiger partial charge in [0.25, 0.3) is 0 Å². The van der Waals surface area contributed by atoms with E-state index in [0.717, 1.165) is 6.54 Å². The van der Waals surface area contributed by atoms with E-state index < -0.39 is 0 Å². The van der Waals surface area contributed by atoms with Crippen LogP contribution >= 0.6 is 0 Å². The molecule has 0 spiro atoms. The van der Waals surface area contributed by atoms with Crippen molar-refractivity contribution in [3.05, 3.63) is 11.6 Å². The van der Waals surface area contributed by atoms with E-state index in [-0.39, 0.29) is 0 Å². The lowest BCUT2D eigenvalue weighted by Crippen LogP contribution is -2.29. The number of hydrogen-bond donors (Lipinski definition) is 1. The fraction of sp³-hybridized carbons (Fsp3) is 0.846. The summed E-state index contributed by atoms with van der Waals surface area (Å²) in [6.45, 7) is 6.83. The molecule has 2 N–H and O–H groups in total. The van der Waals surface area contributed by atoms with E-state index in [9.17, 15) is 0 Å². The second-order valence-electron chi connectivity index (χ2n) is 4.66. The first kappa shape index (κ1) is 12.7. The maximum absolute atomic E-state index is 5.46. The Morgan fingerprint density at radius 1 is 1.20 bits per heavy atom. The molecule has 0 saturated heterocycles. The monoisotopic (exact) mass is 210 g/mol. The van der Waals surface area contributed by atoms with Crippen molar-refractivity contribution in [2.45, 2.75) is 45.4 Å². The van der Waals surface area contributed by atoms with Gasteiger partial charge in [0, 0.05) is 13.1 Å². The van der Waals surface area contributed by atoms with E-state index in [1.165, 1.54) is 58.2 Å². The summed E-state index contributed by atoms with van der Waals surface area (Å²) in [5.41, 5.74) is 7.02. The lowest BCUT2D eigenvalue weighted by atomic mass is 10.1. The largest absolute Gasteiger partial charge is 0.330 e. The van der Waals surface area contributed by atoms with Crippen LogP contribution in [0.3, 0.4) is 0 Å². The van der Waals surface area contributed by atoms with Gasteiger partial charge < -0.3 is 5.73 Å². The molecule has 1 rings (SSSR count). The van der Waals surface area contributed by atoms with Crippen molar-refractivity contribution in [2.24, 2.45) is 5.73 Å². The van der Waals surface area contributed by atoms with Crippen LogP contribution in [0.2, 0.25) is 0 Å². The van der Waals surface area contributed by atoms with Gasteiger partial charge in [-0.15, -0.1) is 0 Å². The zero-order valence-electron chi connectivity index (χ0n) is 10.2. The van der Waals surface area contributed by atoms with Crippen LogP contribution in [-0.4, -0.2) is 31.1 Å². The average molecular weight is 210 g/mol. The second kappa shape index (κ2) is 7.89. The quantitative estimate of drug-likeness (QED) is 0.517. The van der Waals surface area contributed by atoms with Crippen LogP contribution < -0.4 is 5.73 Å². The second-order valence-corrected chi connectivity index (χ2v) is 4.66. The number of unbranched alkanes of at least 4 members (excludes halogenated alkanes) is 4. The molecule has 0 aromatic heterocycles. The highest BCUT2D eigenvalue weighted by Gasteiger charge is 2.07. The maximum atomic E-state index is 5.46. The Kier molecular flexibility index (Phi) is 6.69. The van der Waals surface area contributed by atoms with Crippen molar-refractivity contribution < 1.29 is 0 Å². The molecule has 2 heteroatoms. The molecule has 0 radical (unpaired) electrons. The van der Waals surface area contributed by atoms with Gasteiger partial charge in [0.2, 0.25) is 0 Å². The lowest BCUT2D eigenvalue weighted by molar-refractivity contribution is 0.286. The molecule has 0 aliphatic carbocycles. The minimum absolute atomic E-state index is 0.857. The summed E-state index contributed by atoms with van der Waals surface area (Å²) < 4.78 is 0. The Morgan fingerprint density at radius 2 is 1.93 bits per heavy atom. The molecule has 0 aromatic rings. The maximum Gasteiger partial charge on any atom is 0.0165 e. The Hall–Kier alpha value is -0.340. The van der Waals surface area contributed by atoms with E-state index in [2.05, 4.69) is 17.9 Å². The normalized spacial score (nSPS) is 17.9. The van der Waals surface area contributed by atoms with Gasteiger partial charge >= 0.3 is 0 Å². The first-order valence-electron chi connectivity index (χ1n) is 6.41. The minimum Gasteiger partial charge on any atom is -0.330 e. The Labute approximate surface area is 94.5 Å². The molecule has 0 amide bonds. The van der Waals surface area contributed by atoms with Gasteiger partial charge in [-0.05, 0) is 39.3 Å². The van der Waals surface area contributed by atoms with E-state index >= 15 is 0 Å². The van der Waals surface area contributed by atoms with E-state index in [1.54, 1.807) is 5.57 Å². The summed E-state index contributed by atoms with van der Waals surface area (Å²) in [4.78, 5) is 2.57. The molecule has 0 bridgehead atoms. The van der Waals surface area contributed by atoms with Crippen molar-refractivity contribution in [3.63, 3.8) is 0 Å². The summed E-state index contributed by atoms with van der Waals surface area (Å²) in [7, 11) is 0. The number of nitrogens with zero attached hydrogens (tertiary/aromatic N) is 1. The average Bonchev–Trinajstić information content (AvgIpc) is 2.26. The van der Waals surface area contributed by atoms with Crippen LogP contribution in [0, 0.1) is 0 Å². The smallest absolute Gasteiger partial charge is 0.0165 e. The lowest BCUT2D eigenvalue weighted by Gasteiger charge is -2.24. The Balaban J connectivity index is 1.92.